The van der Waals surface area contributed by atoms with Crippen LogP contribution in [0.5, 0.6) is 0 Å². The largest absolute Gasteiger partial charge is 0.480 e. The van der Waals surface area contributed by atoms with Crippen molar-refractivity contribution in [2.75, 3.05) is 13.2 Å². The summed E-state index contributed by atoms with van der Waals surface area (Å²) in [5, 5.41) is 12.7. The normalized spacial score (nSPS) is 12.3. The maximum absolute atomic E-state index is 11.6. The molecular weight excluding hydrogens is 352 g/mol. The van der Waals surface area contributed by atoms with Gasteiger partial charge in [-0.3, -0.25) is 4.79 Å². The van der Waals surface area contributed by atoms with Crippen LogP contribution < -0.4 is 5.32 Å². The second-order valence-electron chi connectivity index (χ2n) is 4.80. The monoisotopic (exact) mass is 368 g/mol. The SMILES string of the molecule is CCOCC(=O)NC(Cc1c[nH]c2ccc(Br)cc12)C(=O)O. The van der Waals surface area contributed by atoms with Crippen LogP contribution in [0.3, 0.4) is 0 Å². The number of amides is 1. The number of carboxylic acids is 1. The van der Waals surface area contributed by atoms with Crippen molar-refractivity contribution in [1.82, 2.24) is 10.3 Å². The van der Waals surface area contributed by atoms with Crippen LogP contribution >= 0.6 is 15.9 Å². The lowest BCUT2D eigenvalue weighted by Gasteiger charge is -2.14. The molecule has 2 rings (SSSR count). The van der Waals surface area contributed by atoms with Gasteiger partial charge in [-0.25, -0.2) is 4.79 Å². The Morgan fingerprint density at radius 3 is 2.91 bits per heavy atom. The number of aromatic nitrogens is 1. The van der Waals surface area contributed by atoms with Gasteiger partial charge in [-0.15, -0.1) is 0 Å². The van der Waals surface area contributed by atoms with Crippen LogP contribution in [0, 0.1) is 0 Å². The van der Waals surface area contributed by atoms with Crippen molar-refractivity contribution in [2.24, 2.45) is 0 Å². The summed E-state index contributed by atoms with van der Waals surface area (Å²) < 4.78 is 5.89. The third-order valence-electron chi connectivity index (χ3n) is 3.22. The summed E-state index contributed by atoms with van der Waals surface area (Å²) in [6.07, 6.45) is 1.96. The minimum absolute atomic E-state index is 0.139. The molecule has 0 radical (unpaired) electrons. The van der Waals surface area contributed by atoms with Gasteiger partial charge in [0.25, 0.3) is 0 Å². The molecule has 2 aromatic rings. The highest BCUT2D eigenvalue weighted by atomic mass is 79.9. The summed E-state index contributed by atoms with van der Waals surface area (Å²) in [5.41, 5.74) is 1.75. The van der Waals surface area contributed by atoms with E-state index >= 15 is 0 Å². The highest BCUT2D eigenvalue weighted by molar-refractivity contribution is 9.10. The fourth-order valence-corrected chi connectivity index (χ4v) is 2.53. The van der Waals surface area contributed by atoms with Crippen molar-refractivity contribution in [3.8, 4) is 0 Å². The summed E-state index contributed by atoms with van der Waals surface area (Å²) in [4.78, 5) is 26.1. The summed E-state index contributed by atoms with van der Waals surface area (Å²) in [6, 6.07) is 4.74. The molecule has 0 spiro atoms. The van der Waals surface area contributed by atoms with E-state index < -0.39 is 17.9 Å². The molecule has 3 N–H and O–H groups in total. The zero-order chi connectivity index (χ0) is 16.1. The van der Waals surface area contributed by atoms with Crippen LogP contribution in [0.1, 0.15) is 12.5 Å². The maximum atomic E-state index is 11.6. The van der Waals surface area contributed by atoms with Crippen LogP contribution in [0.2, 0.25) is 0 Å². The van der Waals surface area contributed by atoms with Crippen LogP contribution in [-0.4, -0.2) is 41.2 Å². The molecule has 1 atom stereocenters. The van der Waals surface area contributed by atoms with Gasteiger partial charge in [-0.05, 0) is 30.7 Å². The first kappa shape index (κ1) is 16.5. The predicted molar refractivity (Wildman–Crippen MR) is 85.8 cm³/mol. The Morgan fingerprint density at radius 2 is 2.23 bits per heavy atom. The Bertz CT molecular complexity index is 683. The molecule has 0 bridgehead atoms. The lowest BCUT2D eigenvalue weighted by molar-refractivity contribution is -0.142. The summed E-state index contributed by atoms with van der Waals surface area (Å²) in [7, 11) is 0. The van der Waals surface area contributed by atoms with Crippen LogP contribution in [0.25, 0.3) is 10.9 Å². The Morgan fingerprint density at radius 1 is 1.45 bits per heavy atom. The van der Waals surface area contributed by atoms with Crippen molar-refractivity contribution in [3.63, 3.8) is 0 Å². The van der Waals surface area contributed by atoms with Crippen LogP contribution in [-0.2, 0) is 20.7 Å². The number of carboxylic acid groups (broad SMARTS) is 1. The average molecular weight is 369 g/mol. The van der Waals surface area contributed by atoms with Gasteiger partial charge in [0.1, 0.15) is 12.6 Å². The fraction of sp³-hybridized carbons (Fsp3) is 0.333. The topological polar surface area (TPSA) is 91.4 Å². The molecule has 118 valence electrons. The van der Waals surface area contributed by atoms with Gasteiger partial charge in [0.05, 0.1) is 0 Å². The molecule has 0 aliphatic heterocycles. The number of ether oxygens (including phenoxy) is 1. The number of aliphatic carboxylic acids is 1. The molecule has 1 amide bonds. The second kappa shape index (κ2) is 7.42. The number of fused-ring (bicyclic) bond motifs is 1. The summed E-state index contributed by atoms with van der Waals surface area (Å²) in [5.74, 6) is -1.51. The number of hydrogen-bond acceptors (Lipinski definition) is 3. The molecule has 0 saturated heterocycles. The van der Waals surface area contributed by atoms with Gasteiger partial charge in [0, 0.05) is 34.6 Å². The van der Waals surface area contributed by atoms with Gasteiger partial charge >= 0.3 is 5.97 Å². The maximum Gasteiger partial charge on any atom is 0.326 e. The number of carbonyl (C=O) groups excluding carboxylic acids is 1. The van der Waals surface area contributed by atoms with Gasteiger partial charge in [0.2, 0.25) is 5.91 Å². The molecule has 1 heterocycles. The molecule has 0 fully saturated rings. The van der Waals surface area contributed by atoms with Crippen molar-refractivity contribution in [2.45, 2.75) is 19.4 Å². The quantitative estimate of drug-likeness (QED) is 0.697. The molecule has 1 aromatic carbocycles. The van der Waals surface area contributed by atoms with E-state index in [1.165, 1.54) is 0 Å². The van der Waals surface area contributed by atoms with E-state index in [4.69, 9.17) is 4.74 Å². The third-order valence-corrected chi connectivity index (χ3v) is 3.72. The minimum atomic E-state index is -1.07. The first-order valence-electron chi connectivity index (χ1n) is 6.86. The van der Waals surface area contributed by atoms with E-state index in [2.05, 4.69) is 26.2 Å². The molecule has 7 heteroatoms. The van der Waals surface area contributed by atoms with Crippen LogP contribution in [0.4, 0.5) is 0 Å². The van der Waals surface area contributed by atoms with E-state index in [-0.39, 0.29) is 13.0 Å². The first-order chi connectivity index (χ1) is 10.5. The number of hydrogen-bond donors (Lipinski definition) is 3. The van der Waals surface area contributed by atoms with Gasteiger partial charge < -0.3 is 20.1 Å². The second-order valence-corrected chi connectivity index (χ2v) is 5.72. The van der Waals surface area contributed by atoms with Crippen molar-refractivity contribution < 1.29 is 19.4 Å². The highest BCUT2D eigenvalue weighted by Gasteiger charge is 2.21. The van der Waals surface area contributed by atoms with Gasteiger partial charge in [-0.2, -0.15) is 0 Å². The van der Waals surface area contributed by atoms with E-state index in [0.29, 0.717) is 6.61 Å². The number of aromatic amines is 1. The number of carbonyl (C=O) groups is 2. The van der Waals surface area contributed by atoms with Gasteiger partial charge in [0.15, 0.2) is 0 Å². The van der Waals surface area contributed by atoms with Crippen LogP contribution in [0.15, 0.2) is 28.9 Å². The smallest absolute Gasteiger partial charge is 0.326 e. The number of nitrogens with one attached hydrogen (secondary N) is 2. The zero-order valence-corrected chi connectivity index (χ0v) is 13.6. The fourth-order valence-electron chi connectivity index (χ4n) is 2.17. The van der Waals surface area contributed by atoms with E-state index in [1.54, 1.807) is 13.1 Å². The van der Waals surface area contributed by atoms with E-state index in [0.717, 1.165) is 20.9 Å². The van der Waals surface area contributed by atoms with Gasteiger partial charge in [-0.1, -0.05) is 15.9 Å². The standard InChI is InChI=1S/C15H17BrN2O4/c1-2-22-8-14(19)18-13(15(20)21)5-9-7-17-12-4-3-10(16)6-11(9)12/h3-4,6-7,13,17H,2,5,8H2,1H3,(H,18,19)(H,20,21). The third kappa shape index (κ3) is 4.08. The molecule has 1 unspecified atom stereocenters. The number of rotatable bonds is 7. The van der Waals surface area contributed by atoms with Crippen molar-refractivity contribution in [3.05, 3.63) is 34.4 Å². The van der Waals surface area contributed by atoms with E-state index in [9.17, 15) is 14.7 Å². The Labute approximate surface area is 136 Å². The van der Waals surface area contributed by atoms with Crippen molar-refractivity contribution in [1.29, 1.82) is 0 Å². The Kier molecular flexibility index (Phi) is 5.57. The molecule has 6 nitrogen and oxygen atoms in total. The predicted octanol–water partition coefficient (Wildman–Crippen LogP) is 2.08. The molecule has 0 aliphatic carbocycles. The first-order valence-corrected chi connectivity index (χ1v) is 7.66. The molecular formula is C15H17BrN2O4. The number of H-pyrrole nitrogens is 1. The van der Waals surface area contributed by atoms with Crippen molar-refractivity contribution >= 4 is 38.7 Å². The Balaban J connectivity index is 2.14. The van der Waals surface area contributed by atoms with E-state index in [1.807, 2.05) is 18.2 Å². The minimum Gasteiger partial charge on any atom is -0.480 e. The molecule has 0 aliphatic rings. The summed E-state index contributed by atoms with van der Waals surface area (Å²) >= 11 is 3.40. The average Bonchev–Trinajstić information content (AvgIpc) is 2.86. The summed E-state index contributed by atoms with van der Waals surface area (Å²) in [6.45, 7) is 2.03. The molecule has 0 saturated carbocycles. The Hall–Kier alpha value is -1.86. The zero-order valence-electron chi connectivity index (χ0n) is 12.1. The lowest BCUT2D eigenvalue weighted by atomic mass is 10.1. The molecule has 1 aromatic heterocycles. The number of benzene rings is 1. The molecule has 22 heavy (non-hydrogen) atoms. The lowest BCUT2D eigenvalue weighted by Crippen LogP contribution is -2.43. The number of halogens is 1. The highest BCUT2D eigenvalue weighted by Crippen LogP contribution is 2.23.